The van der Waals surface area contributed by atoms with Gasteiger partial charge >= 0.3 is 0 Å². The minimum absolute atomic E-state index is 0.121. The molecule has 1 saturated heterocycles. The summed E-state index contributed by atoms with van der Waals surface area (Å²) in [6, 6.07) is 22.4. The van der Waals surface area contributed by atoms with E-state index in [0.29, 0.717) is 19.6 Å². The first-order valence-electron chi connectivity index (χ1n) is 10.4. The van der Waals surface area contributed by atoms with Gasteiger partial charge in [0.15, 0.2) is 0 Å². The highest BCUT2D eigenvalue weighted by molar-refractivity contribution is 5.78. The second-order valence-corrected chi connectivity index (χ2v) is 7.72. The number of likely N-dealkylation sites (tertiary alicyclic amines) is 1. The Bertz CT molecular complexity index is 923. The molecule has 0 N–H and O–H groups in total. The van der Waals surface area contributed by atoms with Crippen molar-refractivity contribution >= 4 is 5.91 Å². The van der Waals surface area contributed by atoms with Crippen LogP contribution in [0.1, 0.15) is 35.8 Å². The van der Waals surface area contributed by atoms with E-state index < -0.39 is 0 Å². The van der Waals surface area contributed by atoms with Crippen molar-refractivity contribution in [3.8, 4) is 5.75 Å². The molecule has 1 aliphatic heterocycles. The third kappa shape index (κ3) is 4.92. The number of hydrogen-bond donors (Lipinski definition) is 0. The molecule has 0 spiro atoms. The van der Waals surface area contributed by atoms with Gasteiger partial charge in [0.1, 0.15) is 11.5 Å². The molecule has 5 heteroatoms. The van der Waals surface area contributed by atoms with Crippen LogP contribution in [0.25, 0.3) is 0 Å². The van der Waals surface area contributed by atoms with Crippen molar-refractivity contribution in [2.24, 2.45) is 0 Å². The van der Waals surface area contributed by atoms with Gasteiger partial charge in [0.2, 0.25) is 5.91 Å². The molecule has 0 bridgehead atoms. The van der Waals surface area contributed by atoms with Gasteiger partial charge in [-0.1, -0.05) is 42.5 Å². The predicted octanol–water partition coefficient (Wildman–Crippen LogP) is 4.65. The highest BCUT2D eigenvalue weighted by Crippen LogP contribution is 2.32. The lowest BCUT2D eigenvalue weighted by Crippen LogP contribution is -2.39. The standard InChI is InChI=1S/C25H28N2O3/c1-29-22-13-11-21(12-14-22)24-10-5-15-26(24)19-25(28)27(18-23-9-6-16-30-23)17-20-7-3-2-4-8-20/h2-4,6-9,11-14,16,24H,5,10,15,17-19H2,1H3. The van der Waals surface area contributed by atoms with E-state index in [-0.39, 0.29) is 11.9 Å². The molecule has 4 rings (SSSR count). The molecule has 1 fully saturated rings. The quantitative estimate of drug-likeness (QED) is 0.548. The van der Waals surface area contributed by atoms with Crippen molar-refractivity contribution in [3.63, 3.8) is 0 Å². The number of furan rings is 1. The maximum Gasteiger partial charge on any atom is 0.237 e. The smallest absolute Gasteiger partial charge is 0.237 e. The molecule has 0 radical (unpaired) electrons. The minimum Gasteiger partial charge on any atom is -0.497 e. The second kappa shape index (κ2) is 9.63. The van der Waals surface area contributed by atoms with Gasteiger partial charge in [-0.15, -0.1) is 0 Å². The van der Waals surface area contributed by atoms with Crippen LogP contribution in [-0.2, 0) is 17.9 Å². The number of nitrogens with zero attached hydrogens (tertiary/aromatic N) is 2. The van der Waals surface area contributed by atoms with Crippen molar-refractivity contribution in [1.82, 2.24) is 9.80 Å². The second-order valence-electron chi connectivity index (χ2n) is 7.72. The summed E-state index contributed by atoms with van der Waals surface area (Å²) in [6.07, 6.45) is 3.82. The Hall–Kier alpha value is -3.05. The number of carbonyl (C=O) groups is 1. The normalized spacial score (nSPS) is 16.5. The lowest BCUT2D eigenvalue weighted by atomic mass is 10.0. The average molecular weight is 405 g/mol. The summed E-state index contributed by atoms with van der Waals surface area (Å²) in [5, 5.41) is 0. The van der Waals surface area contributed by atoms with Gasteiger partial charge in [0.05, 0.1) is 26.5 Å². The van der Waals surface area contributed by atoms with Gasteiger partial charge in [-0.2, -0.15) is 0 Å². The first-order valence-corrected chi connectivity index (χ1v) is 10.4. The van der Waals surface area contributed by atoms with Crippen LogP contribution in [0.3, 0.4) is 0 Å². The van der Waals surface area contributed by atoms with Gasteiger partial charge < -0.3 is 14.1 Å². The third-order valence-corrected chi connectivity index (χ3v) is 5.70. The van der Waals surface area contributed by atoms with E-state index in [1.54, 1.807) is 13.4 Å². The summed E-state index contributed by atoms with van der Waals surface area (Å²) in [5.41, 5.74) is 2.35. The summed E-state index contributed by atoms with van der Waals surface area (Å²) < 4.78 is 10.8. The van der Waals surface area contributed by atoms with Gasteiger partial charge in [0.25, 0.3) is 0 Å². The number of amides is 1. The highest BCUT2D eigenvalue weighted by Gasteiger charge is 2.29. The van der Waals surface area contributed by atoms with Crippen molar-refractivity contribution < 1.29 is 13.9 Å². The largest absolute Gasteiger partial charge is 0.497 e. The fourth-order valence-corrected chi connectivity index (χ4v) is 4.12. The molecule has 3 aromatic rings. The van der Waals surface area contributed by atoms with Gasteiger partial charge in [-0.3, -0.25) is 9.69 Å². The number of hydrogen-bond acceptors (Lipinski definition) is 4. The number of rotatable bonds is 8. The Morgan fingerprint density at radius 1 is 1.07 bits per heavy atom. The Balaban J connectivity index is 1.47. The van der Waals surface area contributed by atoms with Gasteiger partial charge in [0, 0.05) is 12.6 Å². The van der Waals surface area contributed by atoms with Crippen molar-refractivity contribution in [2.45, 2.75) is 32.0 Å². The molecule has 2 heterocycles. The van der Waals surface area contributed by atoms with Crippen LogP contribution in [0.4, 0.5) is 0 Å². The number of carbonyl (C=O) groups excluding carboxylic acids is 1. The third-order valence-electron chi connectivity index (χ3n) is 5.70. The van der Waals surface area contributed by atoms with Crippen LogP contribution in [0.2, 0.25) is 0 Å². The monoisotopic (exact) mass is 404 g/mol. The van der Waals surface area contributed by atoms with E-state index >= 15 is 0 Å². The van der Waals surface area contributed by atoms with Crippen LogP contribution >= 0.6 is 0 Å². The first-order chi connectivity index (χ1) is 14.7. The molecule has 30 heavy (non-hydrogen) atoms. The van der Waals surface area contributed by atoms with Crippen molar-refractivity contribution in [2.75, 3.05) is 20.2 Å². The Kier molecular flexibility index (Phi) is 6.50. The zero-order chi connectivity index (χ0) is 20.8. The lowest BCUT2D eigenvalue weighted by molar-refractivity contribution is -0.134. The molecular formula is C25H28N2O3. The summed E-state index contributed by atoms with van der Waals surface area (Å²) in [5.74, 6) is 1.77. The molecule has 2 aromatic carbocycles. The number of ether oxygens (including phenoxy) is 1. The fraction of sp³-hybridized carbons (Fsp3) is 0.320. The Morgan fingerprint density at radius 2 is 1.87 bits per heavy atom. The topological polar surface area (TPSA) is 45.9 Å². The maximum atomic E-state index is 13.3. The van der Waals surface area contributed by atoms with Crippen LogP contribution in [-0.4, -0.2) is 35.9 Å². The highest BCUT2D eigenvalue weighted by atomic mass is 16.5. The van der Waals surface area contributed by atoms with E-state index in [1.807, 2.05) is 47.4 Å². The maximum absolute atomic E-state index is 13.3. The molecule has 5 nitrogen and oxygen atoms in total. The molecule has 1 amide bonds. The summed E-state index contributed by atoms with van der Waals surface area (Å²) in [6.45, 7) is 2.38. The molecule has 0 aliphatic carbocycles. The predicted molar refractivity (Wildman–Crippen MR) is 116 cm³/mol. The van der Waals surface area contributed by atoms with E-state index in [4.69, 9.17) is 9.15 Å². The first kappa shape index (κ1) is 20.2. The molecule has 1 atom stereocenters. The van der Waals surface area contributed by atoms with E-state index in [1.165, 1.54) is 5.56 Å². The molecule has 1 aromatic heterocycles. The Labute approximate surface area is 177 Å². The summed E-state index contributed by atoms with van der Waals surface area (Å²) in [4.78, 5) is 17.5. The summed E-state index contributed by atoms with van der Waals surface area (Å²) >= 11 is 0. The van der Waals surface area contributed by atoms with E-state index in [9.17, 15) is 4.79 Å². The SMILES string of the molecule is COc1ccc(C2CCCN2CC(=O)N(Cc2ccccc2)Cc2ccco2)cc1. The van der Waals surface area contributed by atoms with Gasteiger partial charge in [-0.25, -0.2) is 0 Å². The molecule has 156 valence electrons. The zero-order valence-electron chi connectivity index (χ0n) is 17.4. The van der Waals surface area contributed by atoms with Crippen LogP contribution < -0.4 is 4.74 Å². The number of benzene rings is 2. The van der Waals surface area contributed by atoms with Crippen molar-refractivity contribution in [1.29, 1.82) is 0 Å². The van der Waals surface area contributed by atoms with Crippen LogP contribution in [0.15, 0.2) is 77.4 Å². The molecule has 1 aliphatic rings. The van der Waals surface area contributed by atoms with Crippen LogP contribution in [0.5, 0.6) is 5.75 Å². The number of methoxy groups -OCH3 is 1. The van der Waals surface area contributed by atoms with Crippen LogP contribution in [0, 0.1) is 0 Å². The molecule has 1 unspecified atom stereocenters. The summed E-state index contributed by atoms with van der Waals surface area (Å²) in [7, 11) is 1.68. The zero-order valence-corrected chi connectivity index (χ0v) is 17.4. The molecular weight excluding hydrogens is 376 g/mol. The van der Waals surface area contributed by atoms with Crippen molar-refractivity contribution in [3.05, 3.63) is 89.9 Å². The fourth-order valence-electron chi connectivity index (χ4n) is 4.12. The average Bonchev–Trinajstić information content (AvgIpc) is 3.46. The Morgan fingerprint density at radius 3 is 2.57 bits per heavy atom. The van der Waals surface area contributed by atoms with E-state index in [2.05, 4.69) is 29.2 Å². The van der Waals surface area contributed by atoms with Gasteiger partial charge in [-0.05, 0) is 54.8 Å². The molecule has 0 saturated carbocycles. The minimum atomic E-state index is 0.121. The van der Waals surface area contributed by atoms with E-state index in [0.717, 1.165) is 36.5 Å². The lowest BCUT2D eigenvalue weighted by Gasteiger charge is -2.28.